The van der Waals surface area contributed by atoms with E-state index < -0.39 is 0 Å². The quantitative estimate of drug-likeness (QED) is 0.773. The molecule has 1 amide bonds. The van der Waals surface area contributed by atoms with E-state index in [1.54, 1.807) is 21.3 Å². The number of rotatable bonds is 4. The Balaban J connectivity index is 1.73. The number of thiazole rings is 1. The molecule has 8 heteroatoms. The van der Waals surface area contributed by atoms with Gasteiger partial charge in [-0.1, -0.05) is 22.9 Å². The van der Waals surface area contributed by atoms with Crippen LogP contribution in [0.1, 0.15) is 17.0 Å². The molecular weight excluding hydrogens is 348 g/mol. The van der Waals surface area contributed by atoms with Crippen LogP contribution in [0.2, 0.25) is 5.02 Å². The summed E-state index contributed by atoms with van der Waals surface area (Å²) < 4.78 is 3.43. The SMILES string of the molecule is Cc1sc(=O)n(CCC(=O)Nc2nc3cc(Cl)ccc3n2C)c1C. The molecule has 0 bridgehead atoms. The zero-order valence-electron chi connectivity index (χ0n) is 13.6. The van der Waals surface area contributed by atoms with Gasteiger partial charge in [-0.3, -0.25) is 14.9 Å². The van der Waals surface area contributed by atoms with Crippen LogP contribution in [0.4, 0.5) is 5.95 Å². The molecule has 24 heavy (non-hydrogen) atoms. The van der Waals surface area contributed by atoms with Crippen LogP contribution in [-0.2, 0) is 18.4 Å². The second-order valence-electron chi connectivity index (χ2n) is 5.59. The van der Waals surface area contributed by atoms with Gasteiger partial charge in [0, 0.05) is 35.6 Å². The molecule has 0 radical (unpaired) electrons. The summed E-state index contributed by atoms with van der Waals surface area (Å²) in [6.45, 7) is 4.15. The van der Waals surface area contributed by atoms with E-state index in [9.17, 15) is 9.59 Å². The number of nitrogens with zero attached hydrogens (tertiary/aromatic N) is 3. The lowest BCUT2D eigenvalue weighted by Gasteiger charge is -2.07. The van der Waals surface area contributed by atoms with Gasteiger partial charge in [0.1, 0.15) is 0 Å². The molecule has 0 atom stereocenters. The molecule has 6 nitrogen and oxygen atoms in total. The third-order valence-electron chi connectivity index (χ3n) is 4.03. The van der Waals surface area contributed by atoms with Gasteiger partial charge in [-0.05, 0) is 32.0 Å². The van der Waals surface area contributed by atoms with Crippen molar-refractivity contribution in [3.05, 3.63) is 43.5 Å². The number of hydrogen-bond donors (Lipinski definition) is 1. The van der Waals surface area contributed by atoms with Gasteiger partial charge in [-0.15, -0.1) is 0 Å². The van der Waals surface area contributed by atoms with Gasteiger partial charge in [-0.2, -0.15) is 0 Å². The number of anilines is 1. The molecule has 1 N–H and O–H groups in total. The van der Waals surface area contributed by atoms with Crippen molar-refractivity contribution in [1.29, 1.82) is 0 Å². The van der Waals surface area contributed by atoms with Gasteiger partial charge in [0.25, 0.3) is 0 Å². The summed E-state index contributed by atoms with van der Waals surface area (Å²) in [6, 6.07) is 5.40. The van der Waals surface area contributed by atoms with E-state index >= 15 is 0 Å². The predicted octanol–water partition coefficient (Wildman–Crippen LogP) is 3.10. The molecule has 0 saturated carbocycles. The number of nitrogens with one attached hydrogen (secondary N) is 1. The first-order valence-electron chi connectivity index (χ1n) is 7.45. The number of hydrogen-bond acceptors (Lipinski definition) is 4. The lowest BCUT2D eigenvalue weighted by Crippen LogP contribution is -2.21. The van der Waals surface area contributed by atoms with Gasteiger partial charge < -0.3 is 9.13 Å². The molecule has 126 valence electrons. The van der Waals surface area contributed by atoms with Gasteiger partial charge in [0.15, 0.2) is 0 Å². The summed E-state index contributed by atoms with van der Waals surface area (Å²) in [4.78, 5) is 29.4. The number of fused-ring (bicyclic) bond motifs is 1. The number of aromatic nitrogens is 3. The summed E-state index contributed by atoms with van der Waals surface area (Å²) in [5.74, 6) is 0.275. The standard InChI is InChI=1S/C16H17ClN4O2S/c1-9-10(2)24-16(23)21(9)7-6-14(22)19-15-18-12-8-11(17)4-5-13(12)20(15)3/h4-5,8H,6-7H2,1-3H3,(H,18,19,22). The van der Waals surface area contributed by atoms with Crippen LogP contribution in [0.3, 0.4) is 0 Å². The zero-order chi connectivity index (χ0) is 17.4. The van der Waals surface area contributed by atoms with E-state index in [0.29, 0.717) is 17.5 Å². The Morgan fingerprint density at radius 3 is 2.79 bits per heavy atom. The topological polar surface area (TPSA) is 68.9 Å². The molecule has 0 unspecified atom stereocenters. The Morgan fingerprint density at radius 2 is 2.12 bits per heavy atom. The number of carbonyl (C=O) groups excluding carboxylic acids is 1. The Bertz CT molecular complexity index is 986. The van der Waals surface area contributed by atoms with E-state index in [1.807, 2.05) is 27.0 Å². The van der Waals surface area contributed by atoms with Crippen LogP contribution in [0.25, 0.3) is 11.0 Å². The highest BCUT2D eigenvalue weighted by Crippen LogP contribution is 2.22. The van der Waals surface area contributed by atoms with E-state index in [-0.39, 0.29) is 17.2 Å². The summed E-state index contributed by atoms with van der Waals surface area (Å²) in [6.07, 6.45) is 0.209. The maximum Gasteiger partial charge on any atom is 0.307 e. The molecular formula is C16H17ClN4O2S. The second-order valence-corrected chi connectivity index (χ2v) is 7.19. The van der Waals surface area contributed by atoms with Crippen LogP contribution in [0.15, 0.2) is 23.0 Å². The summed E-state index contributed by atoms with van der Waals surface area (Å²) in [5, 5.41) is 3.39. The van der Waals surface area contributed by atoms with Gasteiger partial charge >= 0.3 is 4.87 Å². The molecule has 0 fully saturated rings. The third-order valence-corrected chi connectivity index (χ3v) is 5.26. The van der Waals surface area contributed by atoms with Gasteiger partial charge in [0.2, 0.25) is 11.9 Å². The van der Waals surface area contributed by atoms with Crippen molar-refractivity contribution >= 4 is 45.8 Å². The maximum absolute atomic E-state index is 12.2. The normalized spacial score (nSPS) is 11.2. The Hall–Kier alpha value is -2.12. The molecule has 3 aromatic rings. The fraction of sp³-hybridized carbons (Fsp3) is 0.312. The van der Waals surface area contributed by atoms with Crippen LogP contribution in [0, 0.1) is 13.8 Å². The monoisotopic (exact) mass is 364 g/mol. The number of imidazole rings is 1. The first-order chi connectivity index (χ1) is 11.4. The lowest BCUT2D eigenvalue weighted by atomic mass is 10.3. The van der Waals surface area contributed by atoms with Crippen molar-refractivity contribution in [3.8, 4) is 0 Å². The summed E-state index contributed by atoms with van der Waals surface area (Å²) in [5.41, 5.74) is 2.52. The molecule has 0 aliphatic heterocycles. The molecule has 0 saturated heterocycles. The number of aryl methyl sites for hydroxylation is 2. The molecule has 1 aromatic carbocycles. The average Bonchev–Trinajstić information content (AvgIpc) is 2.94. The highest BCUT2D eigenvalue weighted by molar-refractivity contribution is 7.09. The first-order valence-corrected chi connectivity index (χ1v) is 8.65. The first kappa shape index (κ1) is 16.7. The van der Waals surface area contributed by atoms with E-state index in [2.05, 4.69) is 10.3 Å². The molecule has 2 heterocycles. The Morgan fingerprint density at radius 1 is 1.38 bits per heavy atom. The summed E-state index contributed by atoms with van der Waals surface area (Å²) >= 11 is 7.17. The zero-order valence-corrected chi connectivity index (χ0v) is 15.2. The largest absolute Gasteiger partial charge is 0.313 e. The van der Waals surface area contributed by atoms with Crippen LogP contribution >= 0.6 is 22.9 Å². The molecule has 2 aromatic heterocycles. The maximum atomic E-state index is 12.2. The smallest absolute Gasteiger partial charge is 0.307 e. The average molecular weight is 365 g/mol. The minimum atomic E-state index is -0.186. The van der Waals surface area contributed by atoms with Crippen molar-refractivity contribution < 1.29 is 4.79 Å². The predicted molar refractivity (Wildman–Crippen MR) is 97.0 cm³/mol. The Kier molecular flexibility index (Phi) is 4.47. The fourth-order valence-corrected chi connectivity index (χ4v) is 3.56. The number of amides is 1. The van der Waals surface area contributed by atoms with Crippen molar-refractivity contribution in [2.24, 2.45) is 7.05 Å². The second kappa shape index (κ2) is 6.41. The number of halogens is 1. The van der Waals surface area contributed by atoms with Crippen LogP contribution in [-0.4, -0.2) is 20.0 Å². The molecule has 0 aliphatic rings. The number of benzene rings is 1. The van der Waals surface area contributed by atoms with Gasteiger partial charge in [0.05, 0.1) is 11.0 Å². The van der Waals surface area contributed by atoms with Gasteiger partial charge in [-0.25, -0.2) is 4.98 Å². The van der Waals surface area contributed by atoms with Crippen LogP contribution in [0.5, 0.6) is 0 Å². The van der Waals surface area contributed by atoms with Crippen molar-refractivity contribution in [3.63, 3.8) is 0 Å². The lowest BCUT2D eigenvalue weighted by molar-refractivity contribution is -0.116. The van der Waals surface area contributed by atoms with E-state index in [4.69, 9.17) is 11.6 Å². The van der Waals surface area contributed by atoms with Crippen molar-refractivity contribution in [1.82, 2.24) is 14.1 Å². The third kappa shape index (κ3) is 3.09. The Labute approximate surface area is 147 Å². The highest BCUT2D eigenvalue weighted by Gasteiger charge is 2.13. The fourth-order valence-electron chi connectivity index (χ4n) is 2.53. The summed E-state index contributed by atoms with van der Waals surface area (Å²) in [7, 11) is 1.83. The number of carbonyl (C=O) groups is 1. The molecule has 3 rings (SSSR count). The van der Waals surface area contributed by atoms with E-state index in [0.717, 1.165) is 21.6 Å². The minimum Gasteiger partial charge on any atom is -0.313 e. The van der Waals surface area contributed by atoms with E-state index in [1.165, 1.54) is 11.3 Å². The molecule has 0 aliphatic carbocycles. The molecule has 0 spiro atoms. The highest BCUT2D eigenvalue weighted by atomic mass is 35.5. The van der Waals surface area contributed by atoms with Crippen LogP contribution < -0.4 is 10.2 Å². The van der Waals surface area contributed by atoms with Crippen molar-refractivity contribution in [2.45, 2.75) is 26.8 Å². The van der Waals surface area contributed by atoms with Crippen molar-refractivity contribution in [2.75, 3.05) is 5.32 Å². The minimum absolute atomic E-state index is 0.0322.